The number of carbonyl (C=O) groups is 2. The van der Waals surface area contributed by atoms with Crippen molar-refractivity contribution in [3.63, 3.8) is 0 Å². The van der Waals surface area contributed by atoms with Crippen LogP contribution in [0.25, 0.3) is 0 Å². The number of aliphatic carboxylic acids is 2. The van der Waals surface area contributed by atoms with Gasteiger partial charge in [-0.1, -0.05) is 189 Å². The fourth-order valence-electron chi connectivity index (χ4n) is 5.68. The van der Waals surface area contributed by atoms with Crippen LogP contribution in [0.3, 0.4) is 0 Å². The third-order valence-corrected chi connectivity index (χ3v) is 9.60. The zero-order valence-corrected chi connectivity index (χ0v) is 35.4. The van der Waals surface area contributed by atoms with Gasteiger partial charge < -0.3 is 25.5 Å². The molecule has 0 spiro atoms. The standard InChI is InChI=1S/2C18H36O2.C6H14O3.Ti/c2*1-17(2)15-13-11-9-7-5-3-4-6-8-10-12-14-16-18(19)20;1-2-6(3-7,4-8)5-9;/h2*17H,3-16H2,1-2H3,(H,19,20);7-9H,2-5H2,1H3;. The largest absolute Gasteiger partial charge is 0.481 e. The SMILES string of the molecule is CC(C)CCCCCCCCCCCCCCC(=O)O.CC(C)CCCCCCCCCCCCCCC(=O)O.CCC(CO)(CO)CO.[Ti]. The van der Waals surface area contributed by atoms with Crippen LogP contribution >= 0.6 is 0 Å². The Bertz CT molecular complexity index is 605. The van der Waals surface area contributed by atoms with E-state index in [9.17, 15) is 9.59 Å². The minimum Gasteiger partial charge on any atom is -0.481 e. The smallest absolute Gasteiger partial charge is 0.303 e. The van der Waals surface area contributed by atoms with Crippen LogP contribution in [0.15, 0.2) is 0 Å². The van der Waals surface area contributed by atoms with E-state index in [4.69, 9.17) is 25.5 Å². The molecule has 5 N–H and O–H groups in total. The van der Waals surface area contributed by atoms with E-state index in [1.807, 2.05) is 6.92 Å². The molecule has 8 heteroatoms. The Hall–Kier alpha value is -0.466. The second kappa shape index (κ2) is 44.7. The molecule has 0 amide bonds. The molecular formula is C42H86O7Ti. The first kappa shape index (κ1) is 56.3. The number of unbranched alkanes of at least 4 members (excludes halogenated alkanes) is 22. The van der Waals surface area contributed by atoms with Gasteiger partial charge in [-0.05, 0) is 31.1 Å². The van der Waals surface area contributed by atoms with Gasteiger partial charge in [-0.2, -0.15) is 0 Å². The molecule has 0 bridgehead atoms. The maximum absolute atomic E-state index is 10.3. The van der Waals surface area contributed by atoms with Crippen molar-refractivity contribution in [2.24, 2.45) is 17.3 Å². The minimum absolute atomic E-state index is 0. The summed E-state index contributed by atoms with van der Waals surface area (Å²) in [7, 11) is 0. The zero-order valence-electron chi connectivity index (χ0n) is 33.8. The second-order valence-electron chi connectivity index (χ2n) is 15.5. The molecular weight excluding hydrogens is 664 g/mol. The average molecular weight is 751 g/mol. The van der Waals surface area contributed by atoms with Crippen molar-refractivity contribution in [2.75, 3.05) is 19.8 Å². The normalized spacial score (nSPS) is 11.1. The molecule has 50 heavy (non-hydrogen) atoms. The number of hydrogen-bond donors (Lipinski definition) is 5. The second-order valence-corrected chi connectivity index (χ2v) is 15.5. The van der Waals surface area contributed by atoms with Crippen LogP contribution in [0.5, 0.6) is 0 Å². The molecule has 300 valence electrons. The molecule has 0 aromatic carbocycles. The van der Waals surface area contributed by atoms with Crippen LogP contribution < -0.4 is 0 Å². The topological polar surface area (TPSA) is 135 Å². The van der Waals surface area contributed by atoms with Gasteiger partial charge in [0.2, 0.25) is 0 Å². The van der Waals surface area contributed by atoms with Crippen LogP contribution in [0.2, 0.25) is 0 Å². The Kier molecular flexibility index (Phi) is 50.3. The summed E-state index contributed by atoms with van der Waals surface area (Å²) in [5.74, 6) is 0.424. The summed E-state index contributed by atoms with van der Waals surface area (Å²) in [4.78, 5) is 20.7. The average Bonchev–Trinajstić information content (AvgIpc) is 3.06. The Labute approximate surface area is 325 Å². The van der Waals surface area contributed by atoms with Gasteiger partial charge >= 0.3 is 11.9 Å². The Morgan fingerprint density at radius 3 is 0.760 bits per heavy atom. The van der Waals surface area contributed by atoms with E-state index < -0.39 is 17.4 Å². The third kappa shape index (κ3) is 49.6. The Morgan fingerprint density at radius 2 is 0.620 bits per heavy atom. The number of aliphatic hydroxyl groups excluding tert-OH is 3. The number of aliphatic hydroxyl groups is 3. The molecule has 0 aliphatic carbocycles. The van der Waals surface area contributed by atoms with E-state index in [1.165, 1.54) is 141 Å². The van der Waals surface area contributed by atoms with Gasteiger partial charge in [0, 0.05) is 40.0 Å². The summed E-state index contributed by atoms with van der Waals surface area (Å²) in [6.07, 6.45) is 35.2. The summed E-state index contributed by atoms with van der Waals surface area (Å²) >= 11 is 0. The number of rotatable bonds is 34. The molecule has 0 saturated heterocycles. The number of carboxylic acid groups (broad SMARTS) is 2. The van der Waals surface area contributed by atoms with E-state index in [1.54, 1.807) is 0 Å². The Morgan fingerprint density at radius 1 is 0.420 bits per heavy atom. The molecule has 0 atom stereocenters. The van der Waals surface area contributed by atoms with Gasteiger partial charge in [0.1, 0.15) is 0 Å². The summed E-state index contributed by atoms with van der Waals surface area (Å²) in [6, 6.07) is 0. The van der Waals surface area contributed by atoms with Gasteiger partial charge in [0.25, 0.3) is 0 Å². The van der Waals surface area contributed by atoms with Gasteiger partial charge in [-0.3, -0.25) is 9.59 Å². The molecule has 0 unspecified atom stereocenters. The molecule has 0 saturated carbocycles. The van der Waals surface area contributed by atoms with Crippen molar-refractivity contribution in [1.82, 2.24) is 0 Å². The van der Waals surface area contributed by atoms with Gasteiger partial charge in [0.05, 0.1) is 19.8 Å². The molecule has 0 radical (unpaired) electrons. The first-order valence-corrected chi connectivity index (χ1v) is 20.8. The van der Waals surface area contributed by atoms with Crippen molar-refractivity contribution in [3.8, 4) is 0 Å². The van der Waals surface area contributed by atoms with Crippen molar-refractivity contribution < 1.29 is 56.8 Å². The number of hydrogen-bond acceptors (Lipinski definition) is 5. The van der Waals surface area contributed by atoms with Gasteiger partial charge in [-0.15, -0.1) is 0 Å². The molecule has 0 heterocycles. The van der Waals surface area contributed by atoms with E-state index >= 15 is 0 Å². The predicted molar refractivity (Wildman–Crippen MR) is 208 cm³/mol. The van der Waals surface area contributed by atoms with Gasteiger partial charge in [0.15, 0.2) is 0 Å². The van der Waals surface area contributed by atoms with E-state index in [0.29, 0.717) is 19.3 Å². The molecule has 0 aromatic rings. The molecule has 0 fully saturated rings. The minimum atomic E-state index is -0.667. The zero-order chi connectivity index (χ0) is 37.4. The van der Waals surface area contributed by atoms with Gasteiger partial charge in [-0.25, -0.2) is 0 Å². The molecule has 0 aromatic heterocycles. The van der Waals surface area contributed by atoms with Crippen LogP contribution in [-0.4, -0.2) is 57.3 Å². The predicted octanol–water partition coefficient (Wildman–Crippen LogP) is 11.7. The first-order chi connectivity index (χ1) is 23.5. The first-order valence-electron chi connectivity index (χ1n) is 20.8. The Balaban J connectivity index is -0.000000336. The quantitative estimate of drug-likeness (QED) is 0.0326. The van der Waals surface area contributed by atoms with E-state index in [2.05, 4.69) is 27.7 Å². The molecule has 0 rings (SSSR count). The molecule has 7 nitrogen and oxygen atoms in total. The molecule has 0 aliphatic rings. The van der Waals surface area contributed by atoms with E-state index in [-0.39, 0.29) is 41.5 Å². The van der Waals surface area contributed by atoms with Crippen molar-refractivity contribution in [1.29, 1.82) is 0 Å². The fourth-order valence-corrected chi connectivity index (χ4v) is 5.68. The van der Waals surface area contributed by atoms with Crippen molar-refractivity contribution in [3.05, 3.63) is 0 Å². The third-order valence-electron chi connectivity index (χ3n) is 9.60. The summed E-state index contributed by atoms with van der Waals surface area (Å²) < 4.78 is 0. The summed E-state index contributed by atoms with van der Waals surface area (Å²) in [6.45, 7) is 10.6. The van der Waals surface area contributed by atoms with Crippen LogP contribution in [0.1, 0.15) is 221 Å². The van der Waals surface area contributed by atoms with Crippen LogP contribution in [0, 0.1) is 17.3 Å². The van der Waals surface area contributed by atoms with Crippen LogP contribution in [-0.2, 0) is 31.3 Å². The van der Waals surface area contributed by atoms with Crippen molar-refractivity contribution in [2.45, 2.75) is 221 Å². The summed E-state index contributed by atoms with van der Waals surface area (Å²) in [5.41, 5.74) is -0.667. The van der Waals surface area contributed by atoms with Crippen LogP contribution in [0.4, 0.5) is 0 Å². The number of carboxylic acids is 2. The maximum atomic E-state index is 10.3. The van der Waals surface area contributed by atoms with Crippen molar-refractivity contribution >= 4 is 11.9 Å². The maximum Gasteiger partial charge on any atom is 0.303 e. The summed E-state index contributed by atoms with van der Waals surface area (Å²) in [5, 5.41) is 43.0. The van der Waals surface area contributed by atoms with E-state index in [0.717, 1.165) is 37.5 Å². The monoisotopic (exact) mass is 751 g/mol. The fraction of sp³-hybridized carbons (Fsp3) is 0.952. The molecule has 0 aliphatic heterocycles.